The number of hydrogen-bond donors (Lipinski definition) is 2. The first-order valence-corrected chi connectivity index (χ1v) is 4.78. The fourth-order valence-corrected chi connectivity index (χ4v) is 0.908. The van der Waals surface area contributed by atoms with E-state index in [4.69, 9.17) is 5.11 Å². The summed E-state index contributed by atoms with van der Waals surface area (Å²) in [6.07, 6.45) is 1.96. The molecule has 2 amide bonds. The molecule has 0 aromatic rings. The van der Waals surface area contributed by atoms with Crippen LogP contribution in [0.5, 0.6) is 0 Å². The van der Waals surface area contributed by atoms with E-state index in [9.17, 15) is 9.59 Å². The number of nitrogens with zero attached hydrogens (tertiary/aromatic N) is 1. The van der Waals surface area contributed by atoms with Gasteiger partial charge in [0.15, 0.2) is 0 Å². The van der Waals surface area contributed by atoms with Crippen molar-refractivity contribution in [3.8, 4) is 0 Å². The SMILES string of the molecule is CCCCN(C)C(=O)NCCC(=O)O. The number of carbonyl (C=O) groups excluding carboxylic acids is 1. The van der Waals surface area contributed by atoms with Gasteiger partial charge < -0.3 is 15.3 Å². The molecule has 14 heavy (non-hydrogen) atoms. The maximum atomic E-state index is 11.3. The van der Waals surface area contributed by atoms with E-state index >= 15 is 0 Å². The first kappa shape index (κ1) is 12.7. The minimum absolute atomic E-state index is 0.0344. The van der Waals surface area contributed by atoms with Crippen molar-refractivity contribution < 1.29 is 14.7 Å². The molecule has 0 atom stereocenters. The minimum Gasteiger partial charge on any atom is -0.481 e. The van der Waals surface area contributed by atoms with Crippen molar-refractivity contribution in [1.29, 1.82) is 0 Å². The first-order chi connectivity index (χ1) is 6.57. The molecule has 5 heteroatoms. The predicted octanol–water partition coefficient (Wildman–Crippen LogP) is 0.903. The van der Waals surface area contributed by atoms with Gasteiger partial charge in [-0.25, -0.2) is 4.79 Å². The zero-order valence-corrected chi connectivity index (χ0v) is 8.75. The molecule has 0 heterocycles. The lowest BCUT2D eigenvalue weighted by atomic mass is 10.3. The summed E-state index contributed by atoms with van der Waals surface area (Å²) >= 11 is 0. The van der Waals surface area contributed by atoms with Gasteiger partial charge in [0.25, 0.3) is 0 Å². The Hall–Kier alpha value is -1.26. The maximum absolute atomic E-state index is 11.3. The van der Waals surface area contributed by atoms with Crippen molar-refractivity contribution in [2.75, 3.05) is 20.1 Å². The lowest BCUT2D eigenvalue weighted by molar-refractivity contribution is -0.136. The van der Waals surface area contributed by atoms with Gasteiger partial charge in [-0.15, -0.1) is 0 Å². The number of nitrogens with one attached hydrogen (secondary N) is 1. The van der Waals surface area contributed by atoms with E-state index < -0.39 is 5.97 Å². The quantitative estimate of drug-likeness (QED) is 0.672. The van der Waals surface area contributed by atoms with E-state index in [-0.39, 0.29) is 19.0 Å². The number of urea groups is 1. The van der Waals surface area contributed by atoms with E-state index in [2.05, 4.69) is 12.2 Å². The lowest BCUT2D eigenvalue weighted by Crippen LogP contribution is -2.38. The van der Waals surface area contributed by atoms with Crippen LogP contribution in [0.15, 0.2) is 0 Å². The number of aliphatic carboxylic acids is 1. The summed E-state index contributed by atoms with van der Waals surface area (Å²) in [7, 11) is 1.70. The van der Waals surface area contributed by atoms with E-state index in [0.29, 0.717) is 6.54 Å². The Morgan fingerprint density at radius 3 is 2.57 bits per heavy atom. The predicted molar refractivity (Wildman–Crippen MR) is 53.2 cm³/mol. The molecule has 0 saturated heterocycles. The standard InChI is InChI=1S/C9H18N2O3/c1-3-4-7-11(2)9(14)10-6-5-8(12)13/h3-7H2,1-2H3,(H,10,14)(H,12,13). The number of carboxylic acid groups (broad SMARTS) is 1. The van der Waals surface area contributed by atoms with Crippen LogP contribution in [0.4, 0.5) is 4.79 Å². The van der Waals surface area contributed by atoms with Gasteiger partial charge in [0.05, 0.1) is 6.42 Å². The van der Waals surface area contributed by atoms with Crippen LogP contribution in [0.25, 0.3) is 0 Å². The van der Waals surface area contributed by atoms with Crippen LogP contribution in [0.2, 0.25) is 0 Å². The molecule has 0 bridgehead atoms. The Kier molecular flexibility index (Phi) is 6.53. The summed E-state index contributed by atoms with van der Waals surface area (Å²) in [5, 5.41) is 10.9. The van der Waals surface area contributed by atoms with Crippen LogP contribution in [-0.4, -0.2) is 42.1 Å². The summed E-state index contributed by atoms with van der Waals surface area (Å²) in [6.45, 7) is 2.94. The number of rotatable bonds is 6. The third kappa shape index (κ3) is 6.28. The van der Waals surface area contributed by atoms with Crippen LogP contribution in [0.1, 0.15) is 26.2 Å². The number of hydrogen-bond acceptors (Lipinski definition) is 2. The minimum atomic E-state index is -0.901. The molecule has 0 fully saturated rings. The van der Waals surface area contributed by atoms with Gasteiger partial charge in [-0.1, -0.05) is 13.3 Å². The number of unbranched alkanes of at least 4 members (excludes halogenated alkanes) is 1. The summed E-state index contributed by atoms with van der Waals surface area (Å²) < 4.78 is 0. The molecule has 2 N–H and O–H groups in total. The van der Waals surface area contributed by atoms with Crippen molar-refractivity contribution in [2.24, 2.45) is 0 Å². The van der Waals surface area contributed by atoms with Crippen LogP contribution in [0, 0.1) is 0 Å². The maximum Gasteiger partial charge on any atom is 0.317 e. The Morgan fingerprint density at radius 1 is 1.43 bits per heavy atom. The Labute approximate surface area is 84.1 Å². The van der Waals surface area contributed by atoms with Crippen molar-refractivity contribution in [2.45, 2.75) is 26.2 Å². The van der Waals surface area contributed by atoms with E-state index in [1.54, 1.807) is 11.9 Å². The van der Waals surface area contributed by atoms with Crippen LogP contribution < -0.4 is 5.32 Å². The fourth-order valence-electron chi connectivity index (χ4n) is 0.908. The third-order valence-electron chi connectivity index (χ3n) is 1.81. The smallest absolute Gasteiger partial charge is 0.317 e. The third-order valence-corrected chi connectivity index (χ3v) is 1.81. The van der Waals surface area contributed by atoms with E-state index in [1.807, 2.05) is 0 Å². The van der Waals surface area contributed by atoms with E-state index in [0.717, 1.165) is 12.8 Å². The monoisotopic (exact) mass is 202 g/mol. The van der Waals surface area contributed by atoms with Crippen LogP contribution >= 0.6 is 0 Å². The highest BCUT2D eigenvalue weighted by Gasteiger charge is 2.06. The highest BCUT2D eigenvalue weighted by atomic mass is 16.4. The Morgan fingerprint density at radius 2 is 2.07 bits per heavy atom. The topological polar surface area (TPSA) is 69.6 Å². The van der Waals surface area contributed by atoms with E-state index in [1.165, 1.54) is 0 Å². The van der Waals surface area contributed by atoms with Gasteiger partial charge in [-0.05, 0) is 6.42 Å². The zero-order chi connectivity index (χ0) is 11.0. The first-order valence-electron chi connectivity index (χ1n) is 4.78. The molecule has 0 saturated carbocycles. The van der Waals surface area contributed by atoms with Crippen molar-refractivity contribution in [3.63, 3.8) is 0 Å². The fraction of sp³-hybridized carbons (Fsp3) is 0.778. The molecule has 5 nitrogen and oxygen atoms in total. The molecular weight excluding hydrogens is 184 g/mol. The Bertz CT molecular complexity index is 194. The van der Waals surface area contributed by atoms with Gasteiger partial charge in [0.2, 0.25) is 0 Å². The molecule has 0 radical (unpaired) electrons. The molecule has 0 aliphatic rings. The molecular formula is C9H18N2O3. The molecule has 0 aliphatic heterocycles. The largest absolute Gasteiger partial charge is 0.481 e. The molecule has 0 aromatic carbocycles. The summed E-state index contributed by atoms with van der Waals surface area (Å²) in [5.74, 6) is -0.901. The van der Waals surface area contributed by atoms with Crippen molar-refractivity contribution >= 4 is 12.0 Å². The van der Waals surface area contributed by atoms with Gasteiger partial charge in [-0.3, -0.25) is 4.79 Å². The molecule has 82 valence electrons. The van der Waals surface area contributed by atoms with Crippen LogP contribution in [-0.2, 0) is 4.79 Å². The van der Waals surface area contributed by atoms with Gasteiger partial charge >= 0.3 is 12.0 Å². The highest BCUT2D eigenvalue weighted by molar-refractivity contribution is 5.74. The van der Waals surface area contributed by atoms with Crippen molar-refractivity contribution in [3.05, 3.63) is 0 Å². The second kappa shape index (κ2) is 7.17. The number of amides is 2. The molecule has 0 rings (SSSR count). The molecule has 0 aromatic heterocycles. The number of carboxylic acids is 1. The van der Waals surface area contributed by atoms with Crippen LogP contribution in [0.3, 0.4) is 0 Å². The second-order valence-electron chi connectivity index (χ2n) is 3.15. The Balaban J connectivity index is 3.56. The zero-order valence-electron chi connectivity index (χ0n) is 8.75. The summed E-state index contributed by atoms with van der Waals surface area (Å²) in [6, 6.07) is -0.209. The van der Waals surface area contributed by atoms with Gasteiger partial charge in [0.1, 0.15) is 0 Å². The molecule has 0 unspecified atom stereocenters. The summed E-state index contributed by atoms with van der Waals surface area (Å²) in [4.78, 5) is 23.0. The van der Waals surface area contributed by atoms with Gasteiger partial charge in [0, 0.05) is 20.1 Å². The average Bonchev–Trinajstić information content (AvgIpc) is 2.13. The molecule has 0 spiro atoms. The highest BCUT2D eigenvalue weighted by Crippen LogP contribution is 1.92. The molecule has 0 aliphatic carbocycles. The second-order valence-corrected chi connectivity index (χ2v) is 3.15. The average molecular weight is 202 g/mol. The van der Waals surface area contributed by atoms with Crippen molar-refractivity contribution in [1.82, 2.24) is 10.2 Å². The van der Waals surface area contributed by atoms with Gasteiger partial charge in [-0.2, -0.15) is 0 Å². The normalized spacial score (nSPS) is 9.57. The lowest BCUT2D eigenvalue weighted by Gasteiger charge is -2.16. The summed E-state index contributed by atoms with van der Waals surface area (Å²) in [5.41, 5.74) is 0. The number of carbonyl (C=O) groups is 2.